The Bertz CT molecular complexity index is 2040. The molecule has 1 aliphatic heterocycles. The van der Waals surface area contributed by atoms with Crippen LogP contribution in [-0.4, -0.2) is 50.1 Å². The summed E-state index contributed by atoms with van der Waals surface area (Å²) >= 11 is 2.52. The van der Waals surface area contributed by atoms with E-state index < -0.39 is 23.5 Å². The lowest BCUT2D eigenvalue weighted by atomic mass is 9.96. The van der Waals surface area contributed by atoms with Crippen LogP contribution < -0.4 is 14.4 Å². The molecule has 3 aromatic heterocycles. The summed E-state index contributed by atoms with van der Waals surface area (Å²) in [7, 11) is 1.52. The summed E-state index contributed by atoms with van der Waals surface area (Å²) in [6, 6.07) is 14.0. The molecule has 0 bridgehead atoms. The van der Waals surface area contributed by atoms with Crippen LogP contribution in [0.25, 0.3) is 11.4 Å². The van der Waals surface area contributed by atoms with Gasteiger partial charge in [0.15, 0.2) is 21.6 Å². The second-order valence-electron chi connectivity index (χ2n) is 11.8. The van der Waals surface area contributed by atoms with Gasteiger partial charge in [-0.15, -0.1) is 10.2 Å². The maximum atomic E-state index is 13.9. The van der Waals surface area contributed by atoms with E-state index >= 15 is 0 Å². The first-order chi connectivity index (χ1) is 23.1. The molecule has 6 rings (SSSR count). The number of amides is 1. The number of aliphatic hydroxyl groups excluding tert-OH is 1. The first-order valence-corrected chi connectivity index (χ1v) is 17.1. The Labute approximate surface area is 285 Å². The number of carbonyl (C=O) groups is 2. The van der Waals surface area contributed by atoms with Crippen molar-refractivity contribution in [2.45, 2.75) is 50.3 Å². The Morgan fingerprint density at radius 2 is 1.85 bits per heavy atom. The molecule has 1 saturated heterocycles. The number of halogens is 1. The zero-order valence-electron chi connectivity index (χ0n) is 27.1. The van der Waals surface area contributed by atoms with Gasteiger partial charge in [0.1, 0.15) is 17.2 Å². The highest BCUT2D eigenvalue weighted by Gasteiger charge is 2.49. The lowest BCUT2D eigenvalue weighted by Crippen LogP contribution is -2.29. The summed E-state index contributed by atoms with van der Waals surface area (Å²) in [5.41, 5.74) is 3.57. The average Bonchev–Trinajstić information content (AvgIpc) is 3.75. The number of hydrogen-bond donors (Lipinski definition) is 1. The van der Waals surface area contributed by atoms with Crippen molar-refractivity contribution in [1.82, 2.24) is 19.6 Å². The topological polar surface area (TPSA) is 119 Å². The second kappa shape index (κ2) is 13.8. The third-order valence-electron chi connectivity index (χ3n) is 8.09. The van der Waals surface area contributed by atoms with E-state index in [2.05, 4.69) is 29.0 Å². The smallest absolute Gasteiger partial charge is 0.301 e. The SMILES string of the molecule is COc1cc(C2C(=C(O)c3nc4c(C)cccn4c3C)C(=O)C(=O)N2c2nnc(SCc3ccc(F)cc3)s2)ccc1OCCC(C)C. The van der Waals surface area contributed by atoms with E-state index in [1.807, 2.05) is 29.7 Å². The first-order valence-electron chi connectivity index (χ1n) is 15.3. The molecule has 1 atom stereocenters. The minimum absolute atomic E-state index is 0.129. The zero-order valence-corrected chi connectivity index (χ0v) is 28.7. The summed E-state index contributed by atoms with van der Waals surface area (Å²) in [4.78, 5) is 33.7. The molecule has 2 aromatic carbocycles. The summed E-state index contributed by atoms with van der Waals surface area (Å²) < 4.78 is 27.4. The fourth-order valence-corrected chi connectivity index (χ4v) is 7.30. The van der Waals surface area contributed by atoms with Crippen LogP contribution in [-0.2, 0) is 15.3 Å². The van der Waals surface area contributed by atoms with Crippen molar-refractivity contribution < 1.29 is 28.6 Å². The fourth-order valence-electron chi connectivity index (χ4n) is 5.48. The molecule has 0 saturated carbocycles. The quantitative estimate of drug-likeness (QED) is 0.0502. The lowest BCUT2D eigenvalue weighted by molar-refractivity contribution is -0.132. The van der Waals surface area contributed by atoms with Crippen LogP contribution in [0.1, 0.15) is 54.4 Å². The van der Waals surface area contributed by atoms with Crippen molar-refractivity contribution in [3.8, 4) is 11.5 Å². The average molecular weight is 688 g/mol. The highest BCUT2D eigenvalue weighted by molar-refractivity contribution is 8.00. The standard InChI is InChI=1S/C35H34FN5O5S2/c1-19(2)14-16-46-25-13-10-23(17-26(25)45-5)29-27(30(42)28-21(4)40-15-6-7-20(3)32(40)37-28)31(43)33(44)41(29)34-38-39-35(48-34)47-18-22-8-11-24(36)12-9-22/h6-13,15,17,19,29,42H,14,16,18H2,1-5H3. The van der Waals surface area contributed by atoms with Gasteiger partial charge < -0.3 is 19.0 Å². The summed E-state index contributed by atoms with van der Waals surface area (Å²) in [6.45, 7) is 8.41. The number of aromatic nitrogens is 4. The van der Waals surface area contributed by atoms with Crippen LogP contribution in [0.5, 0.6) is 11.5 Å². The van der Waals surface area contributed by atoms with Crippen LogP contribution >= 0.6 is 23.1 Å². The van der Waals surface area contributed by atoms with Gasteiger partial charge >= 0.3 is 5.91 Å². The Hall–Kier alpha value is -4.75. The van der Waals surface area contributed by atoms with Gasteiger partial charge in [0, 0.05) is 11.9 Å². The molecule has 5 aromatic rings. The van der Waals surface area contributed by atoms with Crippen LogP contribution in [0, 0.1) is 25.6 Å². The van der Waals surface area contributed by atoms with E-state index in [9.17, 15) is 19.1 Å². The third-order valence-corrected chi connectivity index (χ3v) is 10.2. The van der Waals surface area contributed by atoms with Crippen LogP contribution in [0.2, 0.25) is 0 Å². The van der Waals surface area contributed by atoms with Gasteiger partial charge in [0.25, 0.3) is 5.78 Å². The number of methoxy groups -OCH3 is 1. The first kappa shape index (κ1) is 33.2. The van der Waals surface area contributed by atoms with Crippen molar-refractivity contribution in [1.29, 1.82) is 0 Å². The maximum absolute atomic E-state index is 13.9. The third kappa shape index (κ3) is 6.39. The number of Topliss-reactive ketones (excluding diaryl/α,β-unsaturated/α-hetero) is 1. The molecule has 48 heavy (non-hydrogen) atoms. The van der Waals surface area contributed by atoms with Crippen LogP contribution in [0.4, 0.5) is 9.52 Å². The van der Waals surface area contributed by atoms with Crippen LogP contribution in [0.3, 0.4) is 0 Å². The molecule has 10 nitrogen and oxygen atoms in total. The molecule has 0 aliphatic carbocycles. The predicted octanol–water partition coefficient (Wildman–Crippen LogP) is 7.29. The van der Waals surface area contributed by atoms with Gasteiger partial charge in [-0.25, -0.2) is 9.37 Å². The van der Waals surface area contributed by atoms with Gasteiger partial charge in [0.2, 0.25) is 5.13 Å². The molecule has 0 radical (unpaired) electrons. The van der Waals surface area contributed by atoms with Gasteiger partial charge in [-0.05, 0) is 73.2 Å². The van der Waals surface area contributed by atoms with Crippen molar-refractivity contribution in [2.75, 3.05) is 18.6 Å². The molecule has 1 fully saturated rings. The summed E-state index contributed by atoms with van der Waals surface area (Å²) in [6.07, 6.45) is 2.67. The number of thioether (sulfide) groups is 1. The highest BCUT2D eigenvalue weighted by Crippen LogP contribution is 2.46. The highest BCUT2D eigenvalue weighted by atomic mass is 32.2. The number of ketones is 1. The largest absolute Gasteiger partial charge is 0.505 e. The maximum Gasteiger partial charge on any atom is 0.301 e. The van der Waals surface area contributed by atoms with E-state index in [0.717, 1.165) is 28.9 Å². The minimum atomic E-state index is -1.07. The summed E-state index contributed by atoms with van der Waals surface area (Å²) in [5, 5.41) is 20.6. The number of rotatable bonds is 11. The Balaban J connectivity index is 1.43. The number of aryl methyl sites for hydroxylation is 2. The zero-order chi connectivity index (χ0) is 34.1. The molecule has 13 heteroatoms. The molecule has 1 aliphatic rings. The van der Waals surface area contributed by atoms with E-state index in [0.29, 0.717) is 51.0 Å². The molecule has 4 heterocycles. The number of carbonyl (C=O) groups excluding carboxylic acids is 2. The number of anilines is 1. The monoisotopic (exact) mass is 687 g/mol. The van der Waals surface area contributed by atoms with Crippen molar-refractivity contribution >= 4 is 51.3 Å². The Kier molecular flexibility index (Phi) is 9.51. The van der Waals surface area contributed by atoms with Gasteiger partial charge in [-0.3, -0.25) is 14.5 Å². The molecule has 1 amide bonds. The number of pyridine rings is 1. The number of nitrogens with zero attached hydrogens (tertiary/aromatic N) is 5. The van der Waals surface area contributed by atoms with Crippen molar-refractivity contribution in [2.24, 2.45) is 5.92 Å². The van der Waals surface area contributed by atoms with Gasteiger partial charge in [0.05, 0.1) is 31.0 Å². The number of aliphatic hydroxyl groups is 1. The Morgan fingerprint density at radius 3 is 2.56 bits per heavy atom. The molecular weight excluding hydrogens is 654 g/mol. The number of benzene rings is 2. The summed E-state index contributed by atoms with van der Waals surface area (Å²) in [5.74, 6) is -0.577. The van der Waals surface area contributed by atoms with E-state index in [1.165, 1.54) is 35.9 Å². The van der Waals surface area contributed by atoms with Crippen LogP contribution in [0.15, 0.2) is 70.7 Å². The fraction of sp³-hybridized carbons (Fsp3) is 0.286. The predicted molar refractivity (Wildman–Crippen MR) is 183 cm³/mol. The van der Waals surface area contributed by atoms with Crippen molar-refractivity contribution in [3.63, 3.8) is 0 Å². The van der Waals surface area contributed by atoms with E-state index in [-0.39, 0.29) is 22.2 Å². The van der Waals surface area contributed by atoms with E-state index in [4.69, 9.17) is 9.47 Å². The molecule has 0 spiro atoms. The molecule has 248 valence electrons. The number of imidazole rings is 1. The normalized spacial score (nSPS) is 16.0. The van der Waals surface area contributed by atoms with Crippen molar-refractivity contribution in [3.05, 3.63) is 100 Å². The minimum Gasteiger partial charge on any atom is -0.505 e. The molecule has 1 N–H and O–H groups in total. The van der Waals surface area contributed by atoms with Gasteiger partial charge in [-0.1, -0.05) is 61.2 Å². The van der Waals surface area contributed by atoms with Gasteiger partial charge in [-0.2, -0.15) is 0 Å². The number of hydrogen-bond acceptors (Lipinski definition) is 10. The molecular formula is C35H34FN5O5S2. The van der Waals surface area contributed by atoms with E-state index in [1.54, 1.807) is 37.3 Å². The number of ether oxygens (including phenoxy) is 2. The lowest BCUT2D eigenvalue weighted by Gasteiger charge is -2.23. The Morgan fingerprint density at radius 1 is 1.08 bits per heavy atom. The second-order valence-corrected chi connectivity index (χ2v) is 14.0. The molecule has 1 unspecified atom stereocenters. The number of fused-ring (bicyclic) bond motifs is 1.